The first-order valence-electron chi connectivity index (χ1n) is 10.3. The molecule has 8 heteroatoms. The normalized spacial score (nSPS) is 16.5. The molecule has 6 nitrogen and oxygen atoms in total. The Bertz CT molecular complexity index is 571. The molecular weight excluding hydrogens is 485 g/mol. The average molecular weight is 524 g/mol. The third kappa shape index (κ3) is 9.37. The van der Waals surface area contributed by atoms with Crippen molar-refractivity contribution in [3.05, 3.63) is 16.1 Å². The van der Waals surface area contributed by atoms with Gasteiger partial charge in [0.05, 0.1) is 30.0 Å². The summed E-state index contributed by atoms with van der Waals surface area (Å²) >= 11 is 1.73. The fourth-order valence-corrected chi connectivity index (χ4v) is 3.88. The minimum atomic E-state index is 0. The molecule has 1 saturated heterocycles. The summed E-state index contributed by atoms with van der Waals surface area (Å²) in [5.74, 6) is 1.38. The van der Waals surface area contributed by atoms with Gasteiger partial charge in [-0.1, -0.05) is 13.8 Å². The number of ether oxygens (including phenoxy) is 1. The highest BCUT2D eigenvalue weighted by atomic mass is 127. The van der Waals surface area contributed by atoms with Crippen molar-refractivity contribution in [3.8, 4) is 0 Å². The molecule has 1 aromatic rings. The van der Waals surface area contributed by atoms with Gasteiger partial charge in [-0.15, -0.1) is 35.3 Å². The Labute approximate surface area is 192 Å². The van der Waals surface area contributed by atoms with Crippen LogP contribution in [-0.4, -0.2) is 60.8 Å². The van der Waals surface area contributed by atoms with Gasteiger partial charge in [-0.2, -0.15) is 0 Å². The summed E-state index contributed by atoms with van der Waals surface area (Å²) in [5.41, 5.74) is 1.06. The number of guanidine groups is 1. The maximum Gasteiger partial charge on any atom is 0.191 e. The van der Waals surface area contributed by atoms with E-state index < -0.39 is 0 Å². The Morgan fingerprint density at radius 1 is 1.32 bits per heavy atom. The molecule has 0 radical (unpaired) electrons. The molecule has 1 aromatic heterocycles. The molecule has 0 saturated carbocycles. The van der Waals surface area contributed by atoms with E-state index in [0.717, 1.165) is 57.3 Å². The molecule has 0 aliphatic carbocycles. The van der Waals surface area contributed by atoms with Gasteiger partial charge in [-0.05, 0) is 33.6 Å². The van der Waals surface area contributed by atoms with Gasteiger partial charge in [0, 0.05) is 43.5 Å². The lowest BCUT2D eigenvalue weighted by Gasteiger charge is -2.33. The van der Waals surface area contributed by atoms with Crippen LogP contribution in [0.5, 0.6) is 0 Å². The summed E-state index contributed by atoms with van der Waals surface area (Å²) < 4.78 is 5.67. The predicted octanol–water partition coefficient (Wildman–Crippen LogP) is 3.83. The van der Waals surface area contributed by atoms with E-state index in [0.29, 0.717) is 24.6 Å². The molecule has 0 amide bonds. The lowest BCUT2D eigenvalue weighted by molar-refractivity contribution is 0.0532. The lowest BCUT2D eigenvalue weighted by Crippen LogP contribution is -2.49. The maximum atomic E-state index is 5.67. The summed E-state index contributed by atoms with van der Waals surface area (Å²) in [6.07, 6.45) is 2.60. The maximum absolute atomic E-state index is 5.67. The van der Waals surface area contributed by atoms with Crippen LogP contribution in [0.2, 0.25) is 0 Å². The Balaban J connectivity index is 0.00000392. The van der Waals surface area contributed by atoms with Gasteiger partial charge in [0.1, 0.15) is 0 Å². The molecule has 0 atom stereocenters. The van der Waals surface area contributed by atoms with Crippen molar-refractivity contribution in [1.29, 1.82) is 0 Å². The summed E-state index contributed by atoms with van der Waals surface area (Å²) in [4.78, 5) is 11.9. The smallest absolute Gasteiger partial charge is 0.191 e. The summed E-state index contributed by atoms with van der Waals surface area (Å²) in [5, 5.41) is 10.3. The average Bonchev–Trinajstić information content (AvgIpc) is 3.10. The van der Waals surface area contributed by atoms with Crippen molar-refractivity contribution >= 4 is 41.3 Å². The van der Waals surface area contributed by atoms with Crippen LogP contribution in [0.1, 0.15) is 64.1 Å². The standard InChI is InChI=1S/C20H37N5OS.HI/c1-6-21-20(22-13-18-14-27-19(23-18)15(2)3)24-17-7-9-25(10-8-17)11-12-26-16(4)5;/h14-17H,6-13H2,1-5H3,(H2,21,22,24);1H. The highest BCUT2D eigenvalue weighted by Crippen LogP contribution is 2.19. The molecule has 0 bridgehead atoms. The van der Waals surface area contributed by atoms with E-state index >= 15 is 0 Å². The topological polar surface area (TPSA) is 61.8 Å². The first-order chi connectivity index (χ1) is 13.0. The van der Waals surface area contributed by atoms with Crippen LogP contribution in [-0.2, 0) is 11.3 Å². The molecule has 0 unspecified atom stereocenters. The SMILES string of the molecule is CCNC(=NCc1csc(C(C)C)n1)NC1CCN(CCOC(C)C)CC1.I. The zero-order valence-electron chi connectivity index (χ0n) is 18.0. The largest absolute Gasteiger partial charge is 0.377 e. The number of nitrogens with one attached hydrogen (secondary N) is 2. The zero-order chi connectivity index (χ0) is 19.6. The second kappa shape index (κ2) is 13.7. The third-order valence-electron chi connectivity index (χ3n) is 4.59. The summed E-state index contributed by atoms with van der Waals surface area (Å²) in [6.45, 7) is 16.2. The Hall–Kier alpha value is -0.450. The fraction of sp³-hybridized carbons (Fsp3) is 0.800. The molecular formula is C20H38IN5OS. The van der Waals surface area contributed by atoms with E-state index in [-0.39, 0.29) is 24.0 Å². The Kier molecular flexibility index (Phi) is 12.5. The van der Waals surface area contributed by atoms with Crippen molar-refractivity contribution < 1.29 is 4.74 Å². The van der Waals surface area contributed by atoms with Gasteiger partial charge in [-0.3, -0.25) is 0 Å². The van der Waals surface area contributed by atoms with Crippen molar-refractivity contribution in [1.82, 2.24) is 20.5 Å². The molecule has 0 aromatic carbocycles. The number of nitrogens with zero attached hydrogens (tertiary/aromatic N) is 3. The second-order valence-corrected chi connectivity index (χ2v) is 8.60. The number of thiazole rings is 1. The highest BCUT2D eigenvalue weighted by Gasteiger charge is 2.19. The third-order valence-corrected chi connectivity index (χ3v) is 5.79. The summed E-state index contributed by atoms with van der Waals surface area (Å²) in [7, 11) is 0. The fourth-order valence-electron chi connectivity index (χ4n) is 3.05. The van der Waals surface area contributed by atoms with Crippen LogP contribution in [0, 0.1) is 0 Å². The van der Waals surface area contributed by atoms with Crippen molar-refractivity contribution in [2.75, 3.05) is 32.8 Å². The number of hydrogen-bond acceptors (Lipinski definition) is 5. The van der Waals surface area contributed by atoms with Crippen molar-refractivity contribution in [2.45, 2.75) is 72.1 Å². The van der Waals surface area contributed by atoms with Gasteiger partial charge >= 0.3 is 0 Å². The highest BCUT2D eigenvalue weighted by molar-refractivity contribution is 14.0. The van der Waals surface area contributed by atoms with E-state index in [1.807, 2.05) is 0 Å². The minimum Gasteiger partial charge on any atom is -0.377 e. The number of likely N-dealkylation sites (tertiary alicyclic amines) is 1. The molecule has 2 rings (SSSR count). The van der Waals surface area contributed by atoms with Crippen LogP contribution in [0.4, 0.5) is 0 Å². The van der Waals surface area contributed by atoms with E-state index in [1.54, 1.807) is 11.3 Å². The van der Waals surface area contributed by atoms with Crippen LogP contribution in [0.15, 0.2) is 10.4 Å². The van der Waals surface area contributed by atoms with Gasteiger partial charge in [-0.25, -0.2) is 9.98 Å². The number of aliphatic imine (C=N–C) groups is 1. The van der Waals surface area contributed by atoms with Gasteiger partial charge in [0.2, 0.25) is 0 Å². The van der Waals surface area contributed by atoms with E-state index in [9.17, 15) is 0 Å². The number of halogens is 1. The number of piperidine rings is 1. The number of rotatable bonds is 9. The first kappa shape index (κ1) is 25.6. The molecule has 2 heterocycles. The van der Waals surface area contributed by atoms with E-state index in [4.69, 9.17) is 9.73 Å². The van der Waals surface area contributed by atoms with E-state index in [2.05, 4.69) is 60.5 Å². The van der Waals surface area contributed by atoms with Crippen LogP contribution < -0.4 is 10.6 Å². The predicted molar refractivity (Wildman–Crippen MR) is 130 cm³/mol. The second-order valence-electron chi connectivity index (χ2n) is 7.71. The van der Waals surface area contributed by atoms with Crippen molar-refractivity contribution in [2.24, 2.45) is 4.99 Å². The van der Waals surface area contributed by atoms with Crippen LogP contribution >= 0.6 is 35.3 Å². The molecule has 28 heavy (non-hydrogen) atoms. The Morgan fingerprint density at radius 2 is 2.04 bits per heavy atom. The Morgan fingerprint density at radius 3 is 2.61 bits per heavy atom. The minimum absolute atomic E-state index is 0. The molecule has 0 spiro atoms. The first-order valence-corrected chi connectivity index (χ1v) is 11.2. The monoisotopic (exact) mass is 523 g/mol. The van der Waals surface area contributed by atoms with E-state index in [1.165, 1.54) is 5.01 Å². The number of hydrogen-bond donors (Lipinski definition) is 2. The summed E-state index contributed by atoms with van der Waals surface area (Å²) in [6, 6.07) is 0.478. The zero-order valence-corrected chi connectivity index (χ0v) is 21.2. The van der Waals surface area contributed by atoms with Crippen molar-refractivity contribution in [3.63, 3.8) is 0 Å². The van der Waals surface area contributed by atoms with Gasteiger partial charge in [0.25, 0.3) is 0 Å². The van der Waals surface area contributed by atoms with Gasteiger partial charge in [0.15, 0.2) is 5.96 Å². The van der Waals surface area contributed by atoms with Gasteiger partial charge < -0.3 is 20.3 Å². The van der Waals surface area contributed by atoms with Crippen LogP contribution in [0.3, 0.4) is 0 Å². The molecule has 1 fully saturated rings. The molecule has 1 aliphatic heterocycles. The molecule has 2 N–H and O–H groups in total. The quantitative estimate of drug-likeness (QED) is 0.293. The number of aromatic nitrogens is 1. The van der Waals surface area contributed by atoms with Crippen LogP contribution in [0.25, 0.3) is 0 Å². The lowest BCUT2D eigenvalue weighted by atomic mass is 10.1. The molecule has 162 valence electrons. The molecule has 1 aliphatic rings.